The van der Waals surface area contributed by atoms with Gasteiger partial charge in [0.2, 0.25) is 0 Å². The summed E-state index contributed by atoms with van der Waals surface area (Å²) in [6.45, 7) is 4.20. The van der Waals surface area contributed by atoms with Gasteiger partial charge in [0.05, 0.1) is 12.0 Å². The van der Waals surface area contributed by atoms with E-state index < -0.39 is 0 Å². The topological polar surface area (TPSA) is 64.1 Å². The molecule has 2 aromatic carbocycles. The molecule has 0 radical (unpaired) electrons. The van der Waals surface area contributed by atoms with E-state index in [2.05, 4.69) is 15.3 Å². The minimum absolute atomic E-state index is 0.331. The lowest BCUT2D eigenvalue weighted by molar-refractivity contribution is 0.0514. The van der Waals surface area contributed by atoms with Gasteiger partial charge in [0.1, 0.15) is 21.9 Å². The molecule has 0 aliphatic rings. The number of rotatable bonds is 6. The number of halogens is 1. The zero-order chi connectivity index (χ0) is 21.1. The van der Waals surface area contributed by atoms with Crippen molar-refractivity contribution in [3.05, 3.63) is 81.4 Å². The molecule has 0 amide bonds. The lowest BCUT2D eigenvalue weighted by Gasteiger charge is -2.10. The first-order valence-electron chi connectivity index (χ1n) is 9.51. The van der Waals surface area contributed by atoms with Crippen LogP contribution in [0.15, 0.2) is 54.9 Å². The van der Waals surface area contributed by atoms with E-state index in [0.29, 0.717) is 28.7 Å². The molecule has 0 spiro atoms. The Morgan fingerprint density at radius 3 is 2.70 bits per heavy atom. The number of nitrogens with one attached hydrogen (secondary N) is 1. The monoisotopic (exact) mass is 437 g/mol. The van der Waals surface area contributed by atoms with E-state index in [4.69, 9.17) is 16.3 Å². The molecule has 1 N–H and O–H groups in total. The molecule has 0 atom stereocenters. The van der Waals surface area contributed by atoms with Crippen LogP contribution in [-0.4, -0.2) is 22.5 Å². The van der Waals surface area contributed by atoms with Crippen molar-refractivity contribution in [1.82, 2.24) is 9.97 Å². The van der Waals surface area contributed by atoms with Crippen molar-refractivity contribution in [2.24, 2.45) is 0 Å². The molecule has 7 heteroatoms. The number of ether oxygens (including phenoxy) is 1. The number of hydrogen-bond donors (Lipinski definition) is 1. The molecule has 2 heterocycles. The summed E-state index contributed by atoms with van der Waals surface area (Å²) in [6, 6.07) is 15.6. The summed E-state index contributed by atoms with van der Waals surface area (Å²) in [5.41, 5.74) is 3.85. The van der Waals surface area contributed by atoms with Crippen molar-refractivity contribution in [3.63, 3.8) is 0 Å². The van der Waals surface area contributed by atoms with Crippen molar-refractivity contribution in [1.29, 1.82) is 0 Å². The average Bonchev–Trinajstić information content (AvgIpc) is 3.08. The molecule has 5 nitrogen and oxygen atoms in total. The van der Waals surface area contributed by atoms with Gasteiger partial charge in [-0.1, -0.05) is 41.9 Å². The summed E-state index contributed by atoms with van der Waals surface area (Å²) >= 11 is 7.38. The van der Waals surface area contributed by atoms with E-state index in [9.17, 15) is 4.79 Å². The van der Waals surface area contributed by atoms with Gasteiger partial charge in [-0.15, -0.1) is 11.3 Å². The maximum absolute atomic E-state index is 12.7. The summed E-state index contributed by atoms with van der Waals surface area (Å²) in [5, 5.41) is 4.85. The minimum atomic E-state index is -0.333. The summed E-state index contributed by atoms with van der Waals surface area (Å²) < 4.78 is 5.52. The third-order valence-corrected chi connectivity index (χ3v) is 6.24. The highest BCUT2D eigenvalue weighted by Crippen LogP contribution is 2.35. The quantitative estimate of drug-likeness (QED) is 0.369. The molecule has 0 bridgehead atoms. The molecule has 4 aromatic rings. The average molecular weight is 438 g/mol. The molecule has 30 heavy (non-hydrogen) atoms. The molecule has 152 valence electrons. The van der Waals surface area contributed by atoms with Gasteiger partial charge < -0.3 is 10.1 Å². The number of aromatic nitrogens is 2. The molecular weight excluding hydrogens is 418 g/mol. The van der Waals surface area contributed by atoms with E-state index in [1.54, 1.807) is 0 Å². The third kappa shape index (κ3) is 4.30. The van der Waals surface area contributed by atoms with Crippen molar-refractivity contribution in [2.75, 3.05) is 11.9 Å². The van der Waals surface area contributed by atoms with Gasteiger partial charge >= 0.3 is 5.97 Å². The molecule has 0 fully saturated rings. The fourth-order valence-electron chi connectivity index (χ4n) is 3.23. The standard InChI is InChI=1S/C23H20ClN3O2S/c1-14-12-17(24)8-9-18(14)27-21-19-15(2)20(30-22(19)26-13-25-21)23(28)29-11-10-16-6-4-3-5-7-16/h3-9,12-13H,10-11H2,1-2H3,(H,25,26,27). The van der Waals surface area contributed by atoms with Crippen molar-refractivity contribution in [2.45, 2.75) is 20.3 Å². The largest absolute Gasteiger partial charge is 0.461 e. The van der Waals surface area contributed by atoms with Gasteiger partial charge in [-0.05, 0) is 48.7 Å². The Kier molecular flexibility index (Phi) is 5.97. The molecule has 4 rings (SSSR count). The second kappa shape index (κ2) is 8.81. The molecule has 0 saturated heterocycles. The predicted octanol–water partition coefficient (Wildman–Crippen LogP) is 6.10. The number of anilines is 2. The summed E-state index contributed by atoms with van der Waals surface area (Å²) in [5.74, 6) is 0.322. The summed E-state index contributed by atoms with van der Waals surface area (Å²) in [7, 11) is 0. The highest BCUT2D eigenvalue weighted by molar-refractivity contribution is 7.20. The van der Waals surface area contributed by atoms with E-state index >= 15 is 0 Å². The van der Waals surface area contributed by atoms with Gasteiger partial charge in [-0.2, -0.15) is 0 Å². The second-order valence-electron chi connectivity index (χ2n) is 6.91. The first-order chi connectivity index (χ1) is 14.5. The van der Waals surface area contributed by atoms with E-state index in [0.717, 1.165) is 32.6 Å². The van der Waals surface area contributed by atoms with Crippen LogP contribution in [0.5, 0.6) is 0 Å². The number of aryl methyl sites for hydroxylation is 2. The van der Waals surface area contributed by atoms with Gasteiger partial charge in [-0.3, -0.25) is 0 Å². The first-order valence-corrected chi connectivity index (χ1v) is 10.7. The number of esters is 1. The van der Waals surface area contributed by atoms with Crippen LogP contribution in [0.25, 0.3) is 10.2 Å². The van der Waals surface area contributed by atoms with Crippen LogP contribution in [0.4, 0.5) is 11.5 Å². The lowest BCUT2D eigenvalue weighted by Crippen LogP contribution is -2.07. The number of hydrogen-bond acceptors (Lipinski definition) is 6. The molecule has 0 aliphatic heterocycles. The Hall–Kier alpha value is -2.96. The number of carbonyl (C=O) groups excluding carboxylic acids is 1. The predicted molar refractivity (Wildman–Crippen MR) is 122 cm³/mol. The molecule has 0 saturated carbocycles. The zero-order valence-electron chi connectivity index (χ0n) is 16.6. The van der Waals surface area contributed by atoms with Crippen molar-refractivity contribution in [3.8, 4) is 0 Å². The Balaban J connectivity index is 1.56. The number of fused-ring (bicyclic) bond motifs is 1. The normalized spacial score (nSPS) is 10.9. The van der Waals surface area contributed by atoms with Crippen LogP contribution in [0.1, 0.15) is 26.4 Å². The van der Waals surface area contributed by atoms with Crippen LogP contribution >= 0.6 is 22.9 Å². The van der Waals surface area contributed by atoms with Gasteiger partial charge in [-0.25, -0.2) is 14.8 Å². The van der Waals surface area contributed by atoms with Gasteiger partial charge in [0.25, 0.3) is 0 Å². The van der Waals surface area contributed by atoms with Crippen LogP contribution in [0.2, 0.25) is 5.02 Å². The molecule has 0 aliphatic carbocycles. The fraction of sp³-hybridized carbons (Fsp3) is 0.174. The van der Waals surface area contributed by atoms with E-state index in [1.807, 2.05) is 62.4 Å². The fourth-order valence-corrected chi connectivity index (χ4v) is 4.50. The highest BCUT2D eigenvalue weighted by atomic mass is 35.5. The van der Waals surface area contributed by atoms with Crippen LogP contribution in [0.3, 0.4) is 0 Å². The van der Waals surface area contributed by atoms with Gasteiger partial charge in [0.15, 0.2) is 0 Å². The number of benzene rings is 2. The van der Waals surface area contributed by atoms with Crippen molar-refractivity contribution < 1.29 is 9.53 Å². The smallest absolute Gasteiger partial charge is 0.348 e. The Morgan fingerprint density at radius 2 is 1.93 bits per heavy atom. The number of thiophene rings is 1. The maximum atomic E-state index is 12.7. The molecular formula is C23H20ClN3O2S. The zero-order valence-corrected chi connectivity index (χ0v) is 18.2. The van der Waals surface area contributed by atoms with E-state index in [-0.39, 0.29) is 5.97 Å². The number of carbonyl (C=O) groups is 1. The van der Waals surface area contributed by atoms with Crippen LogP contribution in [0, 0.1) is 13.8 Å². The van der Waals surface area contributed by atoms with Crippen molar-refractivity contribution >= 4 is 50.6 Å². The molecule has 2 aromatic heterocycles. The van der Waals surface area contributed by atoms with Crippen LogP contribution < -0.4 is 5.32 Å². The van der Waals surface area contributed by atoms with E-state index in [1.165, 1.54) is 17.7 Å². The maximum Gasteiger partial charge on any atom is 0.348 e. The Morgan fingerprint density at radius 1 is 1.13 bits per heavy atom. The number of nitrogens with zero attached hydrogens (tertiary/aromatic N) is 2. The third-order valence-electron chi connectivity index (χ3n) is 4.82. The highest BCUT2D eigenvalue weighted by Gasteiger charge is 2.20. The summed E-state index contributed by atoms with van der Waals surface area (Å²) in [4.78, 5) is 22.7. The Bertz CT molecular complexity index is 1210. The SMILES string of the molecule is Cc1cc(Cl)ccc1Nc1ncnc2sc(C(=O)OCCc3ccccc3)c(C)c12. The Labute approximate surface area is 183 Å². The minimum Gasteiger partial charge on any atom is -0.461 e. The molecule has 0 unspecified atom stereocenters. The van der Waals surface area contributed by atoms with Crippen LogP contribution in [-0.2, 0) is 11.2 Å². The van der Waals surface area contributed by atoms with Gasteiger partial charge in [0, 0.05) is 17.1 Å². The second-order valence-corrected chi connectivity index (χ2v) is 8.35. The summed E-state index contributed by atoms with van der Waals surface area (Å²) in [6.07, 6.45) is 2.18. The first kappa shape index (κ1) is 20.3. The lowest BCUT2D eigenvalue weighted by atomic mass is 10.1.